The van der Waals surface area contributed by atoms with Crippen LogP contribution < -0.4 is 5.32 Å². The third-order valence-corrected chi connectivity index (χ3v) is 2.91. The van der Waals surface area contributed by atoms with E-state index in [0.717, 1.165) is 17.0 Å². The van der Waals surface area contributed by atoms with E-state index in [1.807, 2.05) is 25.1 Å². The molecule has 2 nitrogen and oxygen atoms in total. The van der Waals surface area contributed by atoms with Crippen LogP contribution in [-0.2, 0) is 6.54 Å². The number of nitrogens with zero attached hydrogens (tertiary/aromatic N) is 1. The summed E-state index contributed by atoms with van der Waals surface area (Å²) >= 11 is 0. The molecule has 3 heteroatoms. The molecule has 94 valence electrons. The Morgan fingerprint density at radius 1 is 1.17 bits per heavy atom. The van der Waals surface area contributed by atoms with Crippen molar-refractivity contribution >= 4 is 0 Å². The van der Waals surface area contributed by atoms with Crippen LogP contribution in [0.1, 0.15) is 29.9 Å². The molecule has 0 saturated heterocycles. The summed E-state index contributed by atoms with van der Waals surface area (Å²) in [5.74, 6) is -0.202. The third-order valence-electron chi connectivity index (χ3n) is 2.91. The van der Waals surface area contributed by atoms with E-state index in [9.17, 15) is 4.39 Å². The van der Waals surface area contributed by atoms with Crippen LogP contribution in [0.4, 0.5) is 4.39 Å². The van der Waals surface area contributed by atoms with Crippen molar-refractivity contribution in [3.8, 4) is 0 Å². The van der Waals surface area contributed by atoms with Crippen molar-refractivity contribution in [3.63, 3.8) is 0 Å². The first-order valence-electron chi connectivity index (χ1n) is 6.06. The van der Waals surface area contributed by atoms with Gasteiger partial charge in [0.1, 0.15) is 5.82 Å². The number of hydrogen-bond donors (Lipinski definition) is 1. The number of nitrogens with one attached hydrogen (secondary N) is 1. The van der Waals surface area contributed by atoms with Crippen LogP contribution in [0.15, 0.2) is 42.5 Å². The summed E-state index contributed by atoms with van der Waals surface area (Å²) in [7, 11) is 0. The van der Waals surface area contributed by atoms with Gasteiger partial charge in [-0.25, -0.2) is 4.39 Å². The topological polar surface area (TPSA) is 24.9 Å². The van der Waals surface area contributed by atoms with E-state index < -0.39 is 0 Å². The van der Waals surface area contributed by atoms with Crippen LogP contribution in [0.3, 0.4) is 0 Å². The van der Waals surface area contributed by atoms with Crippen LogP contribution >= 0.6 is 0 Å². The molecule has 1 aromatic heterocycles. The number of hydrogen-bond acceptors (Lipinski definition) is 2. The van der Waals surface area contributed by atoms with Gasteiger partial charge >= 0.3 is 0 Å². The van der Waals surface area contributed by atoms with Crippen LogP contribution in [0.5, 0.6) is 0 Å². The number of halogens is 1. The molecule has 0 aliphatic heterocycles. The summed E-state index contributed by atoms with van der Waals surface area (Å²) in [5, 5.41) is 3.38. The van der Waals surface area contributed by atoms with Gasteiger partial charge in [0.15, 0.2) is 0 Å². The van der Waals surface area contributed by atoms with E-state index in [4.69, 9.17) is 0 Å². The van der Waals surface area contributed by atoms with Gasteiger partial charge in [-0.2, -0.15) is 0 Å². The smallest absolute Gasteiger partial charge is 0.123 e. The van der Waals surface area contributed by atoms with Gasteiger partial charge in [0.05, 0.1) is 5.69 Å². The Morgan fingerprint density at radius 3 is 2.56 bits per heavy atom. The summed E-state index contributed by atoms with van der Waals surface area (Å²) in [6, 6.07) is 12.7. The molecule has 1 heterocycles. The predicted octanol–water partition coefficient (Wildman–Crippen LogP) is 3.38. The predicted molar refractivity (Wildman–Crippen MR) is 70.6 cm³/mol. The molecule has 1 atom stereocenters. The molecular weight excluding hydrogens is 227 g/mol. The lowest BCUT2D eigenvalue weighted by Gasteiger charge is -2.14. The fourth-order valence-corrected chi connectivity index (χ4v) is 1.82. The van der Waals surface area contributed by atoms with Crippen molar-refractivity contribution in [1.29, 1.82) is 0 Å². The molecule has 0 aliphatic carbocycles. The monoisotopic (exact) mass is 244 g/mol. The second-order valence-corrected chi connectivity index (χ2v) is 4.42. The van der Waals surface area contributed by atoms with E-state index in [2.05, 4.69) is 17.2 Å². The Hall–Kier alpha value is -1.74. The maximum absolute atomic E-state index is 12.8. The van der Waals surface area contributed by atoms with Crippen molar-refractivity contribution < 1.29 is 4.39 Å². The molecule has 2 aromatic rings. The van der Waals surface area contributed by atoms with Gasteiger partial charge in [-0.3, -0.25) is 4.98 Å². The molecule has 1 unspecified atom stereocenters. The molecule has 0 bridgehead atoms. The van der Waals surface area contributed by atoms with Crippen molar-refractivity contribution in [2.75, 3.05) is 0 Å². The van der Waals surface area contributed by atoms with Gasteiger partial charge < -0.3 is 5.32 Å². The first kappa shape index (κ1) is 12.7. The summed E-state index contributed by atoms with van der Waals surface area (Å²) in [6.45, 7) is 4.75. The zero-order chi connectivity index (χ0) is 13.0. The number of rotatable bonds is 4. The summed E-state index contributed by atoms with van der Waals surface area (Å²) in [4.78, 5) is 4.43. The molecule has 0 amide bonds. The molecule has 0 aliphatic rings. The lowest BCUT2D eigenvalue weighted by atomic mass is 10.1. The first-order chi connectivity index (χ1) is 8.65. The van der Waals surface area contributed by atoms with Crippen molar-refractivity contribution in [3.05, 3.63) is 65.2 Å². The average Bonchev–Trinajstić information content (AvgIpc) is 2.37. The van der Waals surface area contributed by atoms with E-state index in [1.165, 1.54) is 12.1 Å². The minimum absolute atomic E-state index is 0.174. The Bertz CT molecular complexity index is 508. The van der Waals surface area contributed by atoms with Gasteiger partial charge in [0.25, 0.3) is 0 Å². The largest absolute Gasteiger partial charge is 0.305 e. The molecule has 0 spiro atoms. The van der Waals surface area contributed by atoms with Gasteiger partial charge in [-0.05, 0) is 43.7 Å². The number of benzene rings is 1. The Morgan fingerprint density at radius 2 is 1.89 bits per heavy atom. The molecule has 0 fully saturated rings. The van der Waals surface area contributed by atoms with Crippen molar-refractivity contribution in [1.82, 2.24) is 10.3 Å². The van der Waals surface area contributed by atoms with Crippen LogP contribution in [0.25, 0.3) is 0 Å². The Kier molecular flexibility index (Phi) is 4.05. The molecular formula is C15H17FN2. The van der Waals surface area contributed by atoms with Crippen molar-refractivity contribution in [2.45, 2.75) is 26.4 Å². The zero-order valence-electron chi connectivity index (χ0n) is 10.7. The molecule has 18 heavy (non-hydrogen) atoms. The molecule has 1 N–H and O–H groups in total. The number of aromatic nitrogens is 1. The van der Waals surface area contributed by atoms with Crippen LogP contribution in [-0.4, -0.2) is 4.98 Å². The van der Waals surface area contributed by atoms with Crippen LogP contribution in [0, 0.1) is 12.7 Å². The Labute approximate surface area is 107 Å². The fourth-order valence-electron chi connectivity index (χ4n) is 1.82. The summed E-state index contributed by atoms with van der Waals surface area (Å²) in [6.07, 6.45) is 0. The highest BCUT2D eigenvalue weighted by Gasteiger charge is 2.05. The first-order valence-corrected chi connectivity index (χ1v) is 6.06. The summed E-state index contributed by atoms with van der Waals surface area (Å²) in [5.41, 5.74) is 3.11. The van der Waals surface area contributed by atoms with Gasteiger partial charge in [-0.15, -0.1) is 0 Å². The third kappa shape index (κ3) is 3.37. The molecule has 1 aromatic carbocycles. The highest BCUT2D eigenvalue weighted by atomic mass is 19.1. The molecule has 0 radical (unpaired) electrons. The maximum atomic E-state index is 12.8. The maximum Gasteiger partial charge on any atom is 0.123 e. The average molecular weight is 244 g/mol. The minimum atomic E-state index is -0.202. The number of aryl methyl sites for hydroxylation is 1. The fraction of sp³-hybridized carbons (Fsp3) is 0.267. The highest BCUT2D eigenvalue weighted by molar-refractivity contribution is 5.19. The van der Waals surface area contributed by atoms with E-state index >= 15 is 0 Å². The quantitative estimate of drug-likeness (QED) is 0.891. The summed E-state index contributed by atoms with van der Waals surface area (Å²) < 4.78 is 12.8. The number of pyridine rings is 1. The lowest BCUT2D eigenvalue weighted by Crippen LogP contribution is -2.18. The Balaban J connectivity index is 1.96. The van der Waals surface area contributed by atoms with Crippen LogP contribution in [0.2, 0.25) is 0 Å². The minimum Gasteiger partial charge on any atom is -0.305 e. The molecule has 0 saturated carbocycles. The normalized spacial score (nSPS) is 12.4. The second-order valence-electron chi connectivity index (χ2n) is 4.42. The van der Waals surface area contributed by atoms with E-state index in [0.29, 0.717) is 6.54 Å². The highest BCUT2D eigenvalue weighted by Crippen LogP contribution is 2.13. The van der Waals surface area contributed by atoms with Gasteiger partial charge in [-0.1, -0.05) is 18.2 Å². The van der Waals surface area contributed by atoms with E-state index in [-0.39, 0.29) is 11.9 Å². The van der Waals surface area contributed by atoms with Gasteiger partial charge in [0.2, 0.25) is 0 Å². The van der Waals surface area contributed by atoms with E-state index in [1.54, 1.807) is 12.1 Å². The standard InChI is InChI=1S/C15H17FN2/c1-11-4-3-5-15(18-11)10-17-12(2)13-6-8-14(16)9-7-13/h3-9,12,17H,10H2,1-2H3. The van der Waals surface area contributed by atoms with Crippen molar-refractivity contribution in [2.24, 2.45) is 0 Å². The molecule has 2 rings (SSSR count). The zero-order valence-corrected chi connectivity index (χ0v) is 10.7. The SMILES string of the molecule is Cc1cccc(CNC(C)c2ccc(F)cc2)n1. The second kappa shape index (κ2) is 5.74. The van der Waals surface area contributed by atoms with Gasteiger partial charge in [0, 0.05) is 18.3 Å². The lowest BCUT2D eigenvalue weighted by molar-refractivity contribution is 0.564.